The number of alkyl halides is 3. The molecule has 0 aliphatic heterocycles. The number of carbonyl (C=O) groups is 2. The second kappa shape index (κ2) is 9.65. The summed E-state index contributed by atoms with van der Waals surface area (Å²) in [6.45, 7) is 1.95. The Morgan fingerprint density at radius 2 is 1.94 bits per heavy atom. The average Bonchev–Trinajstić information content (AvgIpc) is 3.33. The second-order valence-corrected chi connectivity index (χ2v) is 7.24. The number of ether oxygens (including phenoxy) is 1. The van der Waals surface area contributed by atoms with Crippen molar-refractivity contribution in [3.63, 3.8) is 0 Å². The van der Waals surface area contributed by atoms with Crippen LogP contribution in [0, 0.1) is 6.92 Å². The van der Waals surface area contributed by atoms with Crippen LogP contribution in [-0.4, -0.2) is 29.9 Å². The minimum absolute atomic E-state index is 0.0113. The maximum atomic E-state index is 12.5. The van der Waals surface area contributed by atoms with Crippen LogP contribution < -0.4 is 15.4 Å². The second-order valence-electron chi connectivity index (χ2n) is 6.39. The van der Waals surface area contributed by atoms with Gasteiger partial charge in [0.1, 0.15) is 18.1 Å². The van der Waals surface area contributed by atoms with Crippen molar-refractivity contribution in [1.29, 1.82) is 0 Å². The summed E-state index contributed by atoms with van der Waals surface area (Å²) >= 11 is 1.19. The van der Waals surface area contributed by atoms with Gasteiger partial charge in [-0.2, -0.15) is 13.2 Å². The highest BCUT2D eigenvalue weighted by molar-refractivity contribution is 7.14. The monoisotopic (exact) mass is 453 g/mol. The Hall–Kier alpha value is -3.34. The Morgan fingerprint density at radius 3 is 2.58 bits per heavy atom. The maximum absolute atomic E-state index is 12.5. The third-order valence-electron chi connectivity index (χ3n) is 4.09. The highest BCUT2D eigenvalue weighted by atomic mass is 32.1. The largest absolute Gasteiger partial charge is 0.492 e. The zero-order valence-electron chi connectivity index (χ0n) is 16.3. The molecule has 0 fully saturated rings. The molecule has 2 heterocycles. The number of aryl methyl sites for hydroxylation is 1. The number of amides is 2. The lowest BCUT2D eigenvalue weighted by Gasteiger charge is -2.09. The molecule has 0 aliphatic rings. The lowest BCUT2D eigenvalue weighted by molar-refractivity contribution is -0.137. The topological polar surface area (TPSA) is 93.5 Å². The predicted molar refractivity (Wildman–Crippen MR) is 107 cm³/mol. The fourth-order valence-corrected chi connectivity index (χ4v) is 3.26. The molecule has 164 valence electrons. The van der Waals surface area contributed by atoms with Gasteiger partial charge in [0.2, 0.25) is 5.91 Å². The third kappa shape index (κ3) is 6.32. The van der Waals surface area contributed by atoms with Gasteiger partial charge in [0.05, 0.1) is 36.0 Å². The van der Waals surface area contributed by atoms with Gasteiger partial charge in [-0.3, -0.25) is 14.9 Å². The molecule has 0 atom stereocenters. The number of hydrogen-bond acceptors (Lipinski definition) is 6. The van der Waals surface area contributed by atoms with Gasteiger partial charge in [0, 0.05) is 5.38 Å². The van der Waals surface area contributed by atoms with E-state index in [1.807, 2.05) is 0 Å². The molecule has 3 rings (SSSR count). The SMILES string of the molecule is Cc1occc1C(=O)Nc1nc(CC(=O)NCCOc2ccc(C(F)(F)F)cc2)cs1. The first kappa shape index (κ1) is 22.3. The summed E-state index contributed by atoms with van der Waals surface area (Å²) in [5.41, 5.74) is 0.139. The molecular formula is C20H18F3N3O4S. The van der Waals surface area contributed by atoms with Crippen molar-refractivity contribution in [2.24, 2.45) is 0 Å². The van der Waals surface area contributed by atoms with Crippen LogP contribution in [0.5, 0.6) is 5.75 Å². The summed E-state index contributed by atoms with van der Waals surface area (Å²) in [6, 6.07) is 5.86. The lowest BCUT2D eigenvalue weighted by atomic mass is 10.2. The number of rotatable bonds is 8. The molecule has 7 nitrogen and oxygen atoms in total. The van der Waals surface area contributed by atoms with Crippen molar-refractivity contribution in [1.82, 2.24) is 10.3 Å². The number of aromatic nitrogens is 1. The summed E-state index contributed by atoms with van der Waals surface area (Å²) in [5, 5.41) is 7.31. The number of benzene rings is 1. The molecule has 0 unspecified atom stereocenters. The Labute approximate surface area is 179 Å². The van der Waals surface area contributed by atoms with E-state index in [1.54, 1.807) is 18.4 Å². The van der Waals surface area contributed by atoms with E-state index in [-0.39, 0.29) is 37.1 Å². The van der Waals surface area contributed by atoms with Gasteiger partial charge < -0.3 is 14.5 Å². The first-order chi connectivity index (χ1) is 14.7. The first-order valence-corrected chi connectivity index (χ1v) is 9.97. The maximum Gasteiger partial charge on any atom is 0.416 e. The van der Waals surface area contributed by atoms with Gasteiger partial charge in [-0.15, -0.1) is 11.3 Å². The van der Waals surface area contributed by atoms with Gasteiger partial charge in [-0.1, -0.05) is 0 Å². The Morgan fingerprint density at radius 1 is 1.19 bits per heavy atom. The molecule has 0 bridgehead atoms. The van der Waals surface area contributed by atoms with Gasteiger partial charge in [0.15, 0.2) is 5.13 Å². The quantitative estimate of drug-likeness (QED) is 0.502. The summed E-state index contributed by atoms with van der Waals surface area (Å²) in [7, 11) is 0. The van der Waals surface area contributed by atoms with E-state index in [0.29, 0.717) is 22.1 Å². The van der Waals surface area contributed by atoms with Crippen LogP contribution in [0.25, 0.3) is 0 Å². The molecule has 3 aromatic rings. The lowest BCUT2D eigenvalue weighted by Crippen LogP contribution is -2.29. The Kier molecular flexibility index (Phi) is 6.95. The fraction of sp³-hybridized carbons (Fsp3) is 0.250. The van der Waals surface area contributed by atoms with Crippen LogP contribution in [0.15, 0.2) is 46.4 Å². The summed E-state index contributed by atoms with van der Waals surface area (Å²) in [5.74, 6) is 0.115. The molecule has 0 radical (unpaired) electrons. The molecule has 2 N–H and O–H groups in total. The predicted octanol–water partition coefficient (Wildman–Crippen LogP) is 4.05. The number of thiazole rings is 1. The van der Waals surface area contributed by atoms with E-state index < -0.39 is 11.7 Å². The highest BCUT2D eigenvalue weighted by Crippen LogP contribution is 2.30. The van der Waals surface area contributed by atoms with Crippen LogP contribution in [-0.2, 0) is 17.4 Å². The average molecular weight is 453 g/mol. The molecule has 2 aromatic heterocycles. The molecule has 0 saturated carbocycles. The number of nitrogens with one attached hydrogen (secondary N) is 2. The Bertz CT molecular complexity index is 1040. The van der Waals surface area contributed by atoms with Crippen LogP contribution >= 0.6 is 11.3 Å². The van der Waals surface area contributed by atoms with E-state index in [4.69, 9.17) is 9.15 Å². The summed E-state index contributed by atoms with van der Waals surface area (Å²) < 4.78 is 48.0. The van der Waals surface area contributed by atoms with E-state index >= 15 is 0 Å². The van der Waals surface area contributed by atoms with Gasteiger partial charge >= 0.3 is 6.18 Å². The molecule has 11 heteroatoms. The molecule has 0 aliphatic carbocycles. The van der Waals surface area contributed by atoms with E-state index in [2.05, 4.69) is 15.6 Å². The van der Waals surface area contributed by atoms with Crippen LogP contribution in [0.1, 0.15) is 27.4 Å². The zero-order valence-corrected chi connectivity index (χ0v) is 17.1. The van der Waals surface area contributed by atoms with Crippen molar-refractivity contribution in [2.75, 3.05) is 18.5 Å². The van der Waals surface area contributed by atoms with Crippen LogP contribution in [0.4, 0.5) is 18.3 Å². The molecule has 1 aromatic carbocycles. The number of anilines is 1. The highest BCUT2D eigenvalue weighted by Gasteiger charge is 2.30. The summed E-state index contributed by atoms with van der Waals surface area (Å²) in [4.78, 5) is 28.4. The minimum Gasteiger partial charge on any atom is -0.492 e. The number of hydrogen-bond donors (Lipinski definition) is 2. The normalized spacial score (nSPS) is 11.2. The van der Waals surface area contributed by atoms with Crippen molar-refractivity contribution in [3.8, 4) is 5.75 Å². The first-order valence-electron chi connectivity index (χ1n) is 9.09. The molecule has 2 amide bonds. The number of nitrogens with zero attached hydrogens (tertiary/aromatic N) is 1. The summed E-state index contributed by atoms with van der Waals surface area (Å²) in [6.07, 6.45) is -2.97. The third-order valence-corrected chi connectivity index (χ3v) is 4.90. The molecular weight excluding hydrogens is 435 g/mol. The Balaban J connectivity index is 1.39. The van der Waals surface area contributed by atoms with Crippen LogP contribution in [0.2, 0.25) is 0 Å². The van der Waals surface area contributed by atoms with Gasteiger partial charge in [-0.25, -0.2) is 4.98 Å². The van der Waals surface area contributed by atoms with Crippen LogP contribution in [0.3, 0.4) is 0 Å². The smallest absolute Gasteiger partial charge is 0.416 e. The fourth-order valence-electron chi connectivity index (χ4n) is 2.56. The van der Waals surface area contributed by atoms with Gasteiger partial charge in [-0.05, 0) is 37.3 Å². The van der Waals surface area contributed by atoms with Crippen molar-refractivity contribution in [3.05, 3.63) is 64.6 Å². The van der Waals surface area contributed by atoms with E-state index in [1.165, 1.54) is 29.7 Å². The van der Waals surface area contributed by atoms with E-state index in [9.17, 15) is 22.8 Å². The van der Waals surface area contributed by atoms with Crippen molar-refractivity contribution >= 4 is 28.3 Å². The standard InChI is InChI=1S/C20H18F3N3O4S/c1-12-16(6-8-29-12)18(28)26-19-25-14(11-31-19)10-17(27)24-7-9-30-15-4-2-13(3-5-15)20(21,22)23/h2-6,8,11H,7,9-10H2,1H3,(H,24,27)(H,25,26,28). The molecule has 0 spiro atoms. The zero-order chi connectivity index (χ0) is 22.4. The van der Waals surface area contributed by atoms with Crippen molar-refractivity contribution < 1.29 is 31.9 Å². The molecule has 0 saturated heterocycles. The minimum atomic E-state index is -4.40. The van der Waals surface area contributed by atoms with E-state index in [0.717, 1.165) is 12.1 Å². The number of furan rings is 1. The van der Waals surface area contributed by atoms with Gasteiger partial charge in [0.25, 0.3) is 5.91 Å². The molecule has 31 heavy (non-hydrogen) atoms. The number of halogens is 3. The van der Waals surface area contributed by atoms with Crippen molar-refractivity contribution in [2.45, 2.75) is 19.5 Å². The number of carbonyl (C=O) groups excluding carboxylic acids is 2.